The molecule has 174 valence electrons. The van der Waals surface area contributed by atoms with E-state index in [0.717, 1.165) is 30.6 Å². The Kier molecular flexibility index (Phi) is 8.74. The second kappa shape index (κ2) is 11.1. The highest BCUT2D eigenvalue weighted by Crippen LogP contribution is 2.39. The van der Waals surface area contributed by atoms with Gasteiger partial charge < -0.3 is 14.9 Å². The molecule has 1 aromatic carbocycles. The Morgan fingerprint density at radius 2 is 2.13 bits per heavy atom. The van der Waals surface area contributed by atoms with Crippen LogP contribution in [0.1, 0.15) is 36.8 Å². The van der Waals surface area contributed by atoms with Gasteiger partial charge in [-0.25, -0.2) is 8.96 Å². The number of hydrogen-bond donors (Lipinski definition) is 6. The van der Waals surface area contributed by atoms with Gasteiger partial charge in [-0.15, -0.1) is 0 Å². The minimum atomic E-state index is -4.75. The third kappa shape index (κ3) is 7.42. The molecule has 0 radical (unpaired) electrons. The molecule has 0 aliphatic carbocycles. The van der Waals surface area contributed by atoms with Crippen molar-refractivity contribution in [3.8, 4) is 5.75 Å². The summed E-state index contributed by atoms with van der Waals surface area (Å²) in [6.07, 6.45) is 3.00. The number of unbranched alkanes of at least 4 members (excludes halogenated alkanes) is 1. The fraction of sp³-hybridized carbons (Fsp3) is 0.632. The molecule has 9 nitrogen and oxygen atoms in total. The van der Waals surface area contributed by atoms with Gasteiger partial charge in [0.15, 0.2) is 6.35 Å². The summed E-state index contributed by atoms with van der Waals surface area (Å²) >= 11 is 1.90. The van der Waals surface area contributed by atoms with Crippen LogP contribution in [0, 0.1) is 0 Å². The van der Waals surface area contributed by atoms with E-state index in [1.54, 1.807) is 6.07 Å². The molecule has 6 N–H and O–H groups in total. The molecular formula is C19H29FN3O6PS. The van der Waals surface area contributed by atoms with Crippen molar-refractivity contribution < 1.29 is 33.2 Å². The first kappa shape index (κ1) is 24.4. The molecule has 12 heteroatoms. The zero-order valence-electron chi connectivity index (χ0n) is 17.0. The van der Waals surface area contributed by atoms with Crippen molar-refractivity contribution in [1.29, 1.82) is 0 Å². The largest absolute Gasteiger partial charge is 0.524 e. The van der Waals surface area contributed by atoms with E-state index in [9.17, 15) is 18.9 Å². The number of nitrogens with one attached hydrogen (secondary N) is 3. The number of carbonyl (C=O) groups excluding carboxylic acids is 1. The predicted octanol–water partition coefficient (Wildman–Crippen LogP) is 1.17. The van der Waals surface area contributed by atoms with E-state index in [1.807, 2.05) is 11.8 Å². The van der Waals surface area contributed by atoms with Crippen LogP contribution in [-0.2, 0) is 22.5 Å². The van der Waals surface area contributed by atoms with Crippen LogP contribution in [-0.4, -0.2) is 56.8 Å². The fourth-order valence-electron chi connectivity index (χ4n) is 3.94. The zero-order valence-corrected chi connectivity index (χ0v) is 18.7. The number of thioether (sulfide) groups is 1. The lowest BCUT2D eigenvalue weighted by Gasteiger charge is -2.17. The maximum absolute atomic E-state index is 13.1. The van der Waals surface area contributed by atoms with Crippen LogP contribution in [0.4, 0.5) is 4.39 Å². The number of rotatable bonds is 11. The van der Waals surface area contributed by atoms with Crippen molar-refractivity contribution in [2.75, 3.05) is 12.3 Å². The summed E-state index contributed by atoms with van der Waals surface area (Å²) in [7, 11) is -4.75. The molecule has 2 aliphatic rings. The zero-order chi connectivity index (χ0) is 22.4. The molecule has 3 rings (SSSR count). The van der Waals surface area contributed by atoms with Crippen LogP contribution < -0.4 is 20.5 Å². The van der Waals surface area contributed by atoms with Crippen LogP contribution in [0.2, 0.25) is 0 Å². The van der Waals surface area contributed by atoms with Crippen LogP contribution in [0.15, 0.2) is 18.2 Å². The van der Waals surface area contributed by atoms with Crippen molar-refractivity contribution in [3.63, 3.8) is 0 Å². The van der Waals surface area contributed by atoms with Gasteiger partial charge in [-0.2, -0.15) is 11.8 Å². The van der Waals surface area contributed by atoms with Gasteiger partial charge in [-0.3, -0.25) is 25.2 Å². The molecule has 1 aromatic rings. The number of carbonyl (C=O) groups is 1. The van der Waals surface area contributed by atoms with Gasteiger partial charge >= 0.3 is 7.82 Å². The van der Waals surface area contributed by atoms with Gasteiger partial charge in [0.1, 0.15) is 12.4 Å². The number of phosphoric ester groups is 1. The Bertz CT molecular complexity index is 813. The molecule has 4 unspecified atom stereocenters. The Morgan fingerprint density at radius 3 is 2.87 bits per heavy atom. The van der Waals surface area contributed by atoms with Crippen molar-refractivity contribution in [2.24, 2.45) is 0 Å². The van der Waals surface area contributed by atoms with E-state index < -0.39 is 20.8 Å². The summed E-state index contributed by atoms with van der Waals surface area (Å²) in [6, 6.07) is 4.98. The van der Waals surface area contributed by atoms with Gasteiger partial charge in [0.2, 0.25) is 5.91 Å². The van der Waals surface area contributed by atoms with E-state index in [1.165, 1.54) is 12.1 Å². The van der Waals surface area contributed by atoms with Crippen LogP contribution >= 0.6 is 19.6 Å². The van der Waals surface area contributed by atoms with E-state index in [0.29, 0.717) is 30.7 Å². The predicted molar refractivity (Wildman–Crippen MR) is 115 cm³/mol. The highest BCUT2D eigenvalue weighted by atomic mass is 32.2. The number of phosphoric acid groups is 1. The smallest absolute Gasteiger partial charge is 0.404 e. The first-order valence-electron chi connectivity index (χ1n) is 10.3. The van der Waals surface area contributed by atoms with E-state index >= 15 is 0 Å². The van der Waals surface area contributed by atoms with Crippen molar-refractivity contribution in [2.45, 2.75) is 62.5 Å². The first-order valence-corrected chi connectivity index (χ1v) is 12.8. The number of amides is 1. The monoisotopic (exact) mass is 477 g/mol. The number of fused-ring (bicyclic) bond motifs is 1. The number of aliphatic hydroxyl groups is 1. The average molecular weight is 477 g/mol. The van der Waals surface area contributed by atoms with Gasteiger partial charge in [0.25, 0.3) is 0 Å². The highest BCUT2D eigenvalue weighted by Gasteiger charge is 2.42. The topological polar surface area (TPSA) is 140 Å². The molecule has 0 bridgehead atoms. The maximum atomic E-state index is 13.1. The summed E-state index contributed by atoms with van der Waals surface area (Å²) < 4.78 is 28.6. The molecule has 0 saturated carbocycles. The fourth-order valence-corrected chi connectivity index (χ4v) is 5.94. The van der Waals surface area contributed by atoms with Crippen LogP contribution in [0.5, 0.6) is 5.75 Å². The quantitative estimate of drug-likeness (QED) is 0.205. The summed E-state index contributed by atoms with van der Waals surface area (Å²) in [5.74, 6) is 0.754. The number of alkyl halides is 1. The lowest BCUT2D eigenvalue weighted by molar-refractivity contribution is -0.121. The van der Waals surface area contributed by atoms with Crippen molar-refractivity contribution in [1.82, 2.24) is 16.0 Å². The normalized spacial score (nSPS) is 25.4. The minimum absolute atomic E-state index is 0.0415. The number of benzene rings is 1. The SMILES string of the molecule is O=C(CCCCC1SCC2NC(O)NC21)NCCc1ccc(OP(=O)(O)O)c(CF)c1. The number of hydrogen-bond acceptors (Lipinski definition) is 7. The molecule has 0 aromatic heterocycles. The third-order valence-electron chi connectivity index (χ3n) is 5.41. The molecule has 31 heavy (non-hydrogen) atoms. The molecule has 2 saturated heterocycles. The Morgan fingerprint density at radius 1 is 1.32 bits per heavy atom. The summed E-state index contributed by atoms with van der Waals surface area (Å²) in [4.78, 5) is 29.8. The highest BCUT2D eigenvalue weighted by molar-refractivity contribution is 8.00. The molecule has 2 fully saturated rings. The summed E-state index contributed by atoms with van der Waals surface area (Å²) in [5, 5.41) is 19.2. The summed E-state index contributed by atoms with van der Waals surface area (Å²) in [6.45, 7) is -0.528. The van der Waals surface area contributed by atoms with E-state index in [4.69, 9.17) is 9.79 Å². The molecular weight excluding hydrogens is 448 g/mol. The summed E-state index contributed by atoms with van der Waals surface area (Å²) in [5.41, 5.74) is 0.789. The maximum Gasteiger partial charge on any atom is 0.524 e. The third-order valence-corrected chi connectivity index (χ3v) is 7.35. The Labute approximate surface area is 184 Å². The molecule has 0 spiro atoms. The lowest BCUT2D eigenvalue weighted by atomic mass is 10.0. The van der Waals surface area contributed by atoms with Gasteiger partial charge in [0.05, 0.1) is 0 Å². The standard InChI is InChI=1S/C19H29FN3O6PS/c20-10-13-9-12(5-6-15(13)29-30(26,27)28)7-8-21-17(24)4-2-1-3-16-18-14(11-31-16)22-19(25)23-18/h5-6,9,14,16,18-19,22-23,25H,1-4,7-8,10-11H2,(H,21,24)(H2,26,27,28). The number of halogens is 1. The van der Waals surface area contributed by atoms with Crippen LogP contribution in [0.25, 0.3) is 0 Å². The van der Waals surface area contributed by atoms with Gasteiger partial charge in [-0.05, 0) is 37.0 Å². The van der Waals surface area contributed by atoms with Crippen LogP contribution in [0.3, 0.4) is 0 Å². The Balaban J connectivity index is 1.32. The van der Waals surface area contributed by atoms with Crippen molar-refractivity contribution >= 4 is 25.5 Å². The van der Waals surface area contributed by atoms with Crippen molar-refractivity contribution in [3.05, 3.63) is 29.3 Å². The van der Waals surface area contributed by atoms with Gasteiger partial charge in [-0.1, -0.05) is 12.5 Å². The molecule has 4 atom stereocenters. The second-order valence-corrected chi connectivity index (χ2v) is 10.2. The molecule has 2 heterocycles. The van der Waals surface area contributed by atoms with E-state index in [2.05, 4.69) is 20.5 Å². The first-order chi connectivity index (χ1) is 14.7. The minimum Gasteiger partial charge on any atom is -0.404 e. The lowest BCUT2D eigenvalue weighted by Crippen LogP contribution is -2.38. The Hall–Kier alpha value is -1.20. The van der Waals surface area contributed by atoms with E-state index in [-0.39, 0.29) is 23.3 Å². The van der Waals surface area contributed by atoms with Gasteiger partial charge in [0, 0.05) is 41.6 Å². The average Bonchev–Trinajstić information content (AvgIpc) is 3.24. The molecule has 2 aliphatic heterocycles. The molecule has 1 amide bonds. The number of aliphatic hydroxyl groups excluding tert-OH is 1. The second-order valence-electron chi connectivity index (χ2n) is 7.74.